The Morgan fingerprint density at radius 3 is 2.88 bits per heavy atom. The molecule has 0 aliphatic carbocycles. The smallest absolute Gasteiger partial charge is 0.224 e. The predicted molar refractivity (Wildman–Crippen MR) is 97.5 cm³/mol. The van der Waals surface area contributed by atoms with Crippen LogP contribution in [0.1, 0.15) is 37.9 Å². The average Bonchev–Trinajstić information content (AvgIpc) is 3.06. The SMILES string of the molecule is COCCN1CC2(CCCN(C(=O)CCn3ccnc3C)C2)CCC1=O. The number of nitrogens with zero attached hydrogens (tertiary/aromatic N) is 4. The van der Waals surface area contributed by atoms with Gasteiger partial charge in [0, 0.05) is 70.5 Å². The molecule has 3 heterocycles. The Bertz CT molecular complexity index is 644. The van der Waals surface area contributed by atoms with E-state index in [0.29, 0.717) is 32.5 Å². The Kier molecular flexibility index (Phi) is 5.96. The summed E-state index contributed by atoms with van der Waals surface area (Å²) in [5.74, 6) is 1.36. The first kappa shape index (κ1) is 18.9. The lowest BCUT2D eigenvalue weighted by atomic mass is 9.73. The van der Waals surface area contributed by atoms with E-state index in [9.17, 15) is 9.59 Å². The van der Waals surface area contributed by atoms with E-state index in [2.05, 4.69) is 4.98 Å². The molecule has 0 radical (unpaired) electrons. The van der Waals surface area contributed by atoms with Crippen molar-refractivity contribution in [1.29, 1.82) is 0 Å². The van der Waals surface area contributed by atoms with E-state index in [1.165, 1.54) is 0 Å². The van der Waals surface area contributed by atoms with Gasteiger partial charge in [0.25, 0.3) is 0 Å². The first-order valence-electron chi connectivity index (χ1n) is 9.55. The van der Waals surface area contributed by atoms with Gasteiger partial charge in [-0.05, 0) is 26.2 Å². The topological polar surface area (TPSA) is 67.7 Å². The number of imidazole rings is 1. The number of carbonyl (C=O) groups is 2. The summed E-state index contributed by atoms with van der Waals surface area (Å²) in [4.78, 5) is 33.1. The fourth-order valence-corrected chi connectivity index (χ4v) is 4.28. The van der Waals surface area contributed by atoms with Gasteiger partial charge in [0.15, 0.2) is 0 Å². The third kappa shape index (κ3) is 4.26. The van der Waals surface area contributed by atoms with Gasteiger partial charge in [0.05, 0.1) is 6.61 Å². The van der Waals surface area contributed by atoms with Crippen LogP contribution in [0.3, 0.4) is 0 Å². The standard InChI is InChI=1S/C19H30N4O3/c1-16-20-8-11-21(16)10-5-18(25)22-9-3-6-19(14-22)7-4-17(24)23(15-19)12-13-26-2/h8,11H,3-7,9-10,12-15H2,1-2H3. The van der Waals surface area contributed by atoms with Crippen molar-refractivity contribution < 1.29 is 14.3 Å². The summed E-state index contributed by atoms with van der Waals surface area (Å²) in [6.07, 6.45) is 7.76. The van der Waals surface area contributed by atoms with E-state index in [0.717, 1.165) is 44.7 Å². The summed E-state index contributed by atoms with van der Waals surface area (Å²) in [6.45, 7) is 6.18. The van der Waals surface area contributed by atoms with Crippen molar-refractivity contribution in [1.82, 2.24) is 19.4 Å². The van der Waals surface area contributed by atoms with Crippen LogP contribution in [0.2, 0.25) is 0 Å². The Morgan fingerprint density at radius 2 is 2.15 bits per heavy atom. The molecule has 1 aromatic heterocycles. The maximum atomic E-state index is 12.7. The molecular weight excluding hydrogens is 332 g/mol. The van der Waals surface area contributed by atoms with E-state index in [4.69, 9.17) is 4.74 Å². The van der Waals surface area contributed by atoms with Gasteiger partial charge in [-0.1, -0.05) is 0 Å². The fourth-order valence-electron chi connectivity index (χ4n) is 4.28. The van der Waals surface area contributed by atoms with Gasteiger partial charge in [0.2, 0.25) is 11.8 Å². The summed E-state index contributed by atoms with van der Waals surface area (Å²) in [6, 6.07) is 0. The summed E-state index contributed by atoms with van der Waals surface area (Å²) < 4.78 is 7.16. The molecule has 2 fully saturated rings. The maximum Gasteiger partial charge on any atom is 0.224 e. The highest BCUT2D eigenvalue weighted by Crippen LogP contribution is 2.39. The lowest BCUT2D eigenvalue weighted by Gasteiger charge is -2.48. The third-order valence-corrected chi connectivity index (χ3v) is 5.82. The number of hydrogen-bond acceptors (Lipinski definition) is 4. The molecule has 0 N–H and O–H groups in total. The Labute approximate surface area is 155 Å². The number of hydrogen-bond donors (Lipinski definition) is 0. The van der Waals surface area contributed by atoms with Crippen molar-refractivity contribution in [2.24, 2.45) is 5.41 Å². The number of rotatable bonds is 6. The molecule has 7 nitrogen and oxygen atoms in total. The summed E-state index contributed by atoms with van der Waals surface area (Å²) in [7, 11) is 1.66. The molecule has 1 aromatic rings. The highest BCUT2D eigenvalue weighted by Gasteiger charge is 2.42. The zero-order valence-corrected chi connectivity index (χ0v) is 15.9. The second-order valence-corrected chi connectivity index (χ2v) is 7.64. The molecule has 2 amide bonds. The van der Waals surface area contributed by atoms with Crippen LogP contribution in [0.15, 0.2) is 12.4 Å². The summed E-state index contributed by atoms with van der Waals surface area (Å²) >= 11 is 0. The monoisotopic (exact) mass is 362 g/mol. The molecule has 0 bridgehead atoms. The van der Waals surface area contributed by atoms with Crippen LogP contribution in [0, 0.1) is 12.3 Å². The van der Waals surface area contributed by atoms with E-state index in [1.807, 2.05) is 27.5 Å². The molecule has 1 spiro atoms. The number of aromatic nitrogens is 2. The largest absolute Gasteiger partial charge is 0.383 e. The minimum Gasteiger partial charge on any atom is -0.383 e. The van der Waals surface area contributed by atoms with E-state index in [-0.39, 0.29) is 17.2 Å². The molecule has 7 heteroatoms. The van der Waals surface area contributed by atoms with Crippen LogP contribution >= 0.6 is 0 Å². The van der Waals surface area contributed by atoms with E-state index < -0.39 is 0 Å². The Balaban J connectivity index is 1.58. The number of aryl methyl sites for hydroxylation is 2. The molecule has 2 saturated heterocycles. The maximum absolute atomic E-state index is 12.7. The highest BCUT2D eigenvalue weighted by molar-refractivity contribution is 5.78. The number of amides is 2. The molecule has 0 aromatic carbocycles. The van der Waals surface area contributed by atoms with Gasteiger partial charge in [-0.3, -0.25) is 9.59 Å². The van der Waals surface area contributed by atoms with Gasteiger partial charge in [-0.25, -0.2) is 4.98 Å². The van der Waals surface area contributed by atoms with Crippen LogP contribution < -0.4 is 0 Å². The molecule has 144 valence electrons. The lowest BCUT2D eigenvalue weighted by Crippen LogP contribution is -2.55. The quantitative estimate of drug-likeness (QED) is 0.768. The van der Waals surface area contributed by atoms with Gasteiger partial charge in [-0.2, -0.15) is 0 Å². The van der Waals surface area contributed by atoms with Gasteiger partial charge in [0.1, 0.15) is 5.82 Å². The van der Waals surface area contributed by atoms with Crippen LogP contribution in [0.4, 0.5) is 0 Å². The van der Waals surface area contributed by atoms with Gasteiger partial charge in [-0.15, -0.1) is 0 Å². The molecule has 1 unspecified atom stereocenters. The van der Waals surface area contributed by atoms with E-state index >= 15 is 0 Å². The highest BCUT2D eigenvalue weighted by atomic mass is 16.5. The predicted octanol–water partition coefficient (Wildman–Crippen LogP) is 1.46. The molecule has 2 aliphatic rings. The molecule has 3 rings (SSSR count). The normalized spacial score (nSPS) is 23.7. The zero-order chi connectivity index (χ0) is 18.6. The Hall–Kier alpha value is -1.89. The second-order valence-electron chi connectivity index (χ2n) is 7.64. The lowest BCUT2D eigenvalue weighted by molar-refractivity contribution is -0.143. The van der Waals surface area contributed by atoms with Crippen LogP contribution in [-0.2, 0) is 20.9 Å². The van der Waals surface area contributed by atoms with Crippen LogP contribution in [0.25, 0.3) is 0 Å². The van der Waals surface area contributed by atoms with Crippen molar-refractivity contribution in [3.05, 3.63) is 18.2 Å². The number of likely N-dealkylation sites (tertiary alicyclic amines) is 2. The molecule has 26 heavy (non-hydrogen) atoms. The molecular formula is C19H30N4O3. The minimum absolute atomic E-state index is 0.0560. The van der Waals surface area contributed by atoms with Crippen molar-refractivity contribution >= 4 is 11.8 Å². The van der Waals surface area contributed by atoms with Gasteiger partial charge < -0.3 is 19.1 Å². The fraction of sp³-hybridized carbons (Fsp3) is 0.737. The second kappa shape index (κ2) is 8.20. The number of ether oxygens (including phenoxy) is 1. The number of methoxy groups -OCH3 is 1. The number of piperidine rings is 2. The third-order valence-electron chi connectivity index (χ3n) is 5.82. The van der Waals surface area contributed by atoms with Crippen molar-refractivity contribution in [2.45, 2.75) is 45.6 Å². The van der Waals surface area contributed by atoms with Crippen molar-refractivity contribution in [2.75, 3.05) is 39.9 Å². The first-order chi connectivity index (χ1) is 12.5. The van der Waals surface area contributed by atoms with Crippen LogP contribution in [-0.4, -0.2) is 71.1 Å². The summed E-state index contributed by atoms with van der Waals surface area (Å²) in [5.41, 5.74) is 0.0560. The van der Waals surface area contributed by atoms with Crippen molar-refractivity contribution in [3.8, 4) is 0 Å². The Morgan fingerprint density at radius 1 is 1.31 bits per heavy atom. The number of carbonyl (C=O) groups excluding carboxylic acids is 2. The van der Waals surface area contributed by atoms with Crippen LogP contribution in [0.5, 0.6) is 0 Å². The zero-order valence-electron chi connectivity index (χ0n) is 15.9. The molecule has 2 aliphatic heterocycles. The summed E-state index contributed by atoms with van der Waals surface area (Å²) in [5, 5.41) is 0. The molecule has 0 saturated carbocycles. The van der Waals surface area contributed by atoms with Gasteiger partial charge >= 0.3 is 0 Å². The average molecular weight is 362 g/mol. The molecule has 1 atom stereocenters. The minimum atomic E-state index is 0.0560. The first-order valence-corrected chi connectivity index (χ1v) is 9.55. The van der Waals surface area contributed by atoms with Crippen molar-refractivity contribution in [3.63, 3.8) is 0 Å². The van der Waals surface area contributed by atoms with E-state index in [1.54, 1.807) is 13.3 Å².